The molecule has 3 rings (SSSR count). The first-order valence-electron chi connectivity index (χ1n) is 7.69. The van der Waals surface area contributed by atoms with Gasteiger partial charge in [0, 0.05) is 24.8 Å². The lowest BCUT2D eigenvalue weighted by Gasteiger charge is -2.08. The Labute approximate surface area is 126 Å². The molecule has 1 N–H and O–H groups in total. The first-order chi connectivity index (χ1) is 10.4. The summed E-state index contributed by atoms with van der Waals surface area (Å²) < 4.78 is 2.33. The van der Waals surface area contributed by atoms with E-state index >= 15 is 0 Å². The third-order valence-corrected chi connectivity index (χ3v) is 3.79. The van der Waals surface area contributed by atoms with Crippen molar-refractivity contribution in [1.29, 1.82) is 0 Å². The zero-order valence-corrected chi connectivity index (χ0v) is 12.5. The number of rotatable bonds is 6. The summed E-state index contributed by atoms with van der Waals surface area (Å²) in [6, 6.07) is 19.6. The van der Waals surface area contributed by atoms with Crippen molar-refractivity contribution in [1.82, 2.24) is 9.88 Å². The Kier molecular flexibility index (Phi) is 4.37. The van der Waals surface area contributed by atoms with E-state index in [-0.39, 0.29) is 0 Å². The molecule has 0 saturated carbocycles. The molecule has 0 radical (unpaired) electrons. The van der Waals surface area contributed by atoms with Gasteiger partial charge in [0.25, 0.3) is 0 Å². The van der Waals surface area contributed by atoms with Crippen LogP contribution in [-0.4, -0.2) is 11.1 Å². The highest BCUT2D eigenvalue weighted by Crippen LogP contribution is 2.19. The second-order valence-corrected chi connectivity index (χ2v) is 5.50. The number of fused-ring (bicyclic) bond motifs is 1. The van der Waals surface area contributed by atoms with Crippen molar-refractivity contribution in [2.24, 2.45) is 0 Å². The molecule has 21 heavy (non-hydrogen) atoms. The van der Waals surface area contributed by atoms with E-state index < -0.39 is 0 Å². The molecule has 2 heteroatoms. The Hall–Kier alpha value is -2.06. The maximum Gasteiger partial charge on any atom is 0.0486 e. The van der Waals surface area contributed by atoms with E-state index in [1.807, 2.05) is 0 Å². The summed E-state index contributed by atoms with van der Waals surface area (Å²) in [5.74, 6) is 0. The fraction of sp³-hybridized carbons (Fsp3) is 0.263. The van der Waals surface area contributed by atoms with E-state index in [4.69, 9.17) is 0 Å². The third kappa shape index (κ3) is 3.34. The fourth-order valence-electron chi connectivity index (χ4n) is 2.67. The van der Waals surface area contributed by atoms with Crippen LogP contribution in [0.1, 0.15) is 24.5 Å². The van der Waals surface area contributed by atoms with Crippen LogP contribution in [0.2, 0.25) is 0 Å². The molecule has 2 aromatic carbocycles. The second kappa shape index (κ2) is 6.59. The van der Waals surface area contributed by atoms with Crippen molar-refractivity contribution >= 4 is 10.9 Å². The van der Waals surface area contributed by atoms with Crippen molar-refractivity contribution in [2.75, 3.05) is 6.54 Å². The molecule has 0 amide bonds. The maximum absolute atomic E-state index is 3.47. The fourth-order valence-corrected chi connectivity index (χ4v) is 2.67. The van der Waals surface area contributed by atoms with Crippen molar-refractivity contribution in [3.63, 3.8) is 0 Å². The predicted molar refractivity (Wildman–Crippen MR) is 89.5 cm³/mol. The molecule has 0 unspecified atom stereocenters. The average molecular weight is 278 g/mol. The third-order valence-electron chi connectivity index (χ3n) is 3.79. The van der Waals surface area contributed by atoms with Crippen molar-refractivity contribution in [2.45, 2.75) is 26.4 Å². The lowest BCUT2D eigenvalue weighted by molar-refractivity contribution is 0.675. The van der Waals surface area contributed by atoms with Crippen LogP contribution in [0.25, 0.3) is 10.9 Å². The van der Waals surface area contributed by atoms with Crippen LogP contribution in [0.4, 0.5) is 0 Å². The highest BCUT2D eigenvalue weighted by molar-refractivity contribution is 5.81. The molecule has 3 aromatic rings. The van der Waals surface area contributed by atoms with Gasteiger partial charge >= 0.3 is 0 Å². The average Bonchev–Trinajstić information content (AvgIpc) is 2.91. The lowest BCUT2D eigenvalue weighted by atomic mass is 10.1. The van der Waals surface area contributed by atoms with Gasteiger partial charge in [-0.25, -0.2) is 0 Å². The molecule has 1 aromatic heterocycles. The Balaban J connectivity index is 1.83. The minimum Gasteiger partial charge on any atom is -0.343 e. The number of nitrogens with one attached hydrogen (secondary N) is 1. The number of hydrogen-bond acceptors (Lipinski definition) is 1. The summed E-state index contributed by atoms with van der Waals surface area (Å²) in [4.78, 5) is 0. The largest absolute Gasteiger partial charge is 0.343 e. The van der Waals surface area contributed by atoms with Crippen LogP contribution >= 0.6 is 0 Å². The van der Waals surface area contributed by atoms with Gasteiger partial charge in [-0.05, 0) is 41.6 Å². The Bertz CT molecular complexity index is 698. The highest BCUT2D eigenvalue weighted by Gasteiger charge is 2.03. The molecule has 0 saturated heterocycles. The summed E-state index contributed by atoms with van der Waals surface area (Å²) in [7, 11) is 0. The second-order valence-electron chi connectivity index (χ2n) is 5.50. The van der Waals surface area contributed by atoms with Crippen LogP contribution < -0.4 is 5.32 Å². The molecule has 0 fully saturated rings. The number of hydrogen-bond donors (Lipinski definition) is 1. The van der Waals surface area contributed by atoms with Gasteiger partial charge in [-0.1, -0.05) is 49.4 Å². The van der Waals surface area contributed by atoms with E-state index in [2.05, 4.69) is 77.6 Å². The highest BCUT2D eigenvalue weighted by atomic mass is 14.9. The summed E-state index contributed by atoms with van der Waals surface area (Å²) in [5.41, 5.74) is 4.00. The molecule has 0 aliphatic rings. The molecule has 2 nitrogen and oxygen atoms in total. The van der Waals surface area contributed by atoms with Gasteiger partial charge in [0.1, 0.15) is 0 Å². The van der Waals surface area contributed by atoms with Gasteiger partial charge in [-0.3, -0.25) is 0 Å². The van der Waals surface area contributed by atoms with E-state index in [9.17, 15) is 0 Å². The molecule has 1 heterocycles. The summed E-state index contributed by atoms with van der Waals surface area (Å²) in [6.45, 7) is 5.14. The molecule has 0 aliphatic heterocycles. The smallest absolute Gasteiger partial charge is 0.0486 e. The quantitative estimate of drug-likeness (QED) is 0.669. The number of aromatic nitrogens is 1. The van der Waals surface area contributed by atoms with Crippen LogP contribution in [0.15, 0.2) is 60.8 Å². The minimum atomic E-state index is 0.927. The first-order valence-corrected chi connectivity index (χ1v) is 7.69. The molecule has 0 spiro atoms. The van der Waals surface area contributed by atoms with Crippen molar-refractivity contribution in [3.8, 4) is 0 Å². The summed E-state index contributed by atoms with van der Waals surface area (Å²) in [5, 5.41) is 4.78. The standard InChI is InChI=1S/C19H22N2/c1-2-11-20-14-17-8-9-18-10-12-21(19(18)13-17)15-16-6-4-3-5-7-16/h3-10,12-13,20H,2,11,14-15H2,1H3. The van der Waals surface area contributed by atoms with E-state index in [0.29, 0.717) is 0 Å². The molecule has 0 bridgehead atoms. The van der Waals surface area contributed by atoms with Gasteiger partial charge in [0.2, 0.25) is 0 Å². The normalized spacial score (nSPS) is 11.1. The van der Waals surface area contributed by atoms with E-state index in [1.165, 1.54) is 28.5 Å². The minimum absolute atomic E-state index is 0.927. The van der Waals surface area contributed by atoms with E-state index in [1.54, 1.807) is 0 Å². The molecule has 0 atom stereocenters. The number of benzene rings is 2. The maximum atomic E-state index is 3.47. The molecule has 108 valence electrons. The van der Waals surface area contributed by atoms with Crippen molar-refractivity contribution < 1.29 is 0 Å². The van der Waals surface area contributed by atoms with Gasteiger partial charge in [0.15, 0.2) is 0 Å². The van der Waals surface area contributed by atoms with E-state index in [0.717, 1.165) is 19.6 Å². The van der Waals surface area contributed by atoms with Gasteiger partial charge in [0.05, 0.1) is 0 Å². The summed E-state index contributed by atoms with van der Waals surface area (Å²) >= 11 is 0. The van der Waals surface area contributed by atoms with Crippen LogP contribution in [0.3, 0.4) is 0 Å². The van der Waals surface area contributed by atoms with Gasteiger partial charge in [-0.15, -0.1) is 0 Å². The van der Waals surface area contributed by atoms with Crippen LogP contribution in [0, 0.1) is 0 Å². The van der Waals surface area contributed by atoms with Gasteiger partial charge in [-0.2, -0.15) is 0 Å². The van der Waals surface area contributed by atoms with Gasteiger partial charge < -0.3 is 9.88 Å². The van der Waals surface area contributed by atoms with Crippen molar-refractivity contribution in [3.05, 3.63) is 71.9 Å². The lowest BCUT2D eigenvalue weighted by Crippen LogP contribution is -2.13. The Morgan fingerprint density at radius 3 is 2.62 bits per heavy atom. The first kappa shape index (κ1) is 13.9. The SMILES string of the molecule is CCCNCc1ccc2ccn(Cc3ccccc3)c2c1. The number of nitrogens with zero attached hydrogens (tertiary/aromatic N) is 1. The monoisotopic (exact) mass is 278 g/mol. The van der Waals surface area contributed by atoms with Crippen LogP contribution in [-0.2, 0) is 13.1 Å². The Morgan fingerprint density at radius 2 is 1.81 bits per heavy atom. The topological polar surface area (TPSA) is 17.0 Å². The molecular formula is C19H22N2. The predicted octanol–water partition coefficient (Wildman–Crippen LogP) is 4.19. The molecular weight excluding hydrogens is 256 g/mol. The molecule has 0 aliphatic carbocycles. The summed E-state index contributed by atoms with van der Waals surface area (Å²) in [6.07, 6.45) is 3.35. The zero-order chi connectivity index (χ0) is 14.5. The zero-order valence-electron chi connectivity index (χ0n) is 12.5. The van der Waals surface area contributed by atoms with Crippen LogP contribution in [0.5, 0.6) is 0 Å². The Morgan fingerprint density at radius 1 is 0.952 bits per heavy atom.